The molecule has 2 heterocycles. The molecule has 124 valence electrons. The summed E-state index contributed by atoms with van der Waals surface area (Å²) in [7, 11) is 0. The Morgan fingerprint density at radius 1 is 1.43 bits per heavy atom. The van der Waals surface area contributed by atoms with Crippen molar-refractivity contribution in [2.45, 2.75) is 26.8 Å². The Morgan fingerprint density at radius 3 is 2.74 bits per heavy atom. The number of aromatic nitrogens is 3. The lowest BCUT2D eigenvalue weighted by Crippen LogP contribution is -2.16. The Kier molecular flexibility index (Phi) is 5.30. The average Bonchev–Trinajstić information content (AvgIpc) is 2.86. The minimum atomic E-state index is -2.83. The number of pyridine rings is 1. The van der Waals surface area contributed by atoms with E-state index in [-0.39, 0.29) is 23.2 Å². The van der Waals surface area contributed by atoms with Crippen molar-refractivity contribution in [1.29, 1.82) is 0 Å². The van der Waals surface area contributed by atoms with Crippen molar-refractivity contribution in [2.24, 2.45) is 5.92 Å². The number of anilines is 1. The van der Waals surface area contributed by atoms with E-state index in [1.807, 2.05) is 13.8 Å². The van der Waals surface area contributed by atoms with Crippen molar-refractivity contribution in [3.63, 3.8) is 0 Å². The molecule has 0 aromatic carbocycles. The van der Waals surface area contributed by atoms with Crippen LogP contribution in [0.4, 0.5) is 14.6 Å². The monoisotopic (exact) mass is 388 g/mol. The van der Waals surface area contributed by atoms with E-state index in [1.165, 1.54) is 16.8 Å². The zero-order valence-electron chi connectivity index (χ0n) is 12.4. The fraction of sp³-hybridized carbons (Fsp3) is 0.357. The Labute approximate surface area is 139 Å². The van der Waals surface area contributed by atoms with Gasteiger partial charge in [-0.15, -0.1) is 0 Å². The molecule has 0 aliphatic heterocycles. The number of rotatable bonds is 5. The molecule has 2 aromatic heterocycles. The average molecular weight is 389 g/mol. The second kappa shape index (κ2) is 7.03. The molecular weight excluding hydrogens is 374 g/mol. The molecule has 2 aromatic rings. The predicted octanol–water partition coefficient (Wildman–Crippen LogP) is 3.59. The van der Waals surface area contributed by atoms with Crippen LogP contribution in [-0.4, -0.2) is 25.8 Å². The highest BCUT2D eigenvalue weighted by Gasteiger charge is 2.24. The third-order valence-corrected chi connectivity index (χ3v) is 3.31. The molecule has 23 heavy (non-hydrogen) atoms. The quantitative estimate of drug-likeness (QED) is 0.766. The second-order valence-corrected chi connectivity index (χ2v) is 6.12. The maximum Gasteiger partial charge on any atom is 0.277 e. The Bertz CT molecular complexity index is 719. The number of carbonyl (C=O) groups is 1. The van der Waals surface area contributed by atoms with Gasteiger partial charge in [-0.1, -0.05) is 13.8 Å². The predicted molar refractivity (Wildman–Crippen MR) is 83.6 cm³/mol. The van der Waals surface area contributed by atoms with Crippen LogP contribution in [0, 0.1) is 5.92 Å². The summed E-state index contributed by atoms with van der Waals surface area (Å²) in [5.41, 5.74) is -0.848. The van der Waals surface area contributed by atoms with Crippen LogP contribution in [0.3, 0.4) is 0 Å². The molecule has 2 rings (SSSR count). The minimum absolute atomic E-state index is 0.136. The first-order valence-electron chi connectivity index (χ1n) is 6.80. The van der Waals surface area contributed by atoms with Crippen LogP contribution in [0.5, 0.6) is 5.75 Å². The van der Waals surface area contributed by atoms with E-state index < -0.39 is 17.9 Å². The van der Waals surface area contributed by atoms with Gasteiger partial charge in [-0.2, -0.15) is 5.10 Å². The molecule has 0 aliphatic rings. The van der Waals surface area contributed by atoms with Gasteiger partial charge in [-0.3, -0.25) is 9.48 Å². The van der Waals surface area contributed by atoms with E-state index in [0.717, 1.165) is 6.20 Å². The molecule has 0 atom stereocenters. The van der Waals surface area contributed by atoms with Crippen molar-refractivity contribution < 1.29 is 18.7 Å². The summed E-state index contributed by atoms with van der Waals surface area (Å²) < 4.78 is 27.9. The molecular formula is C14H15BrF2N4O2. The lowest BCUT2D eigenvalue weighted by Gasteiger charge is -2.06. The van der Waals surface area contributed by atoms with E-state index in [0.29, 0.717) is 11.1 Å². The minimum Gasteiger partial charge on any atom is -0.504 e. The van der Waals surface area contributed by atoms with Crippen LogP contribution in [0.1, 0.15) is 36.3 Å². The van der Waals surface area contributed by atoms with Crippen LogP contribution in [0.15, 0.2) is 22.9 Å². The van der Waals surface area contributed by atoms with E-state index >= 15 is 0 Å². The number of carbonyl (C=O) groups excluding carboxylic acids is 1. The Morgan fingerprint density at radius 2 is 2.13 bits per heavy atom. The van der Waals surface area contributed by atoms with Crippen LogP contribution >= 0.6 is 15.9 Å². The first kappa shape index (κ1) is 17.3. The number of nitrogens with one attached hydrogen (secondary N) is 1. The van der Waals surface area contributed by atoms with Crippen LogP contribution in [0.25, 0.3) is 0 Å². The van der Waals surface area contributed by atoms with Gasteiger partial charge in [0.05, 0.1) is 5.56 Å². The highest BCUT2D eigenvalue weighted by atomic mass is 79.9. The third kappa shape index (κ3) is 4.25. The van der Waals surface area contributed by atoms with Crippen molar-refractivity contribution in [3.05, 3.63) is 34.2 Å². The standard InChI is InChI=1S/C14H15BrF2N4O2/c1-7(2)5-21-6-8(12(16)17)11(20-21)14(23)19-13-9(22)3-4-10(15)18-13/h3-4,6-7,12,22H,5H2,1-2H3,(H,18,19,23). The summed E-state index contributed by atoms with van der Waals surface area (Å²) in [5, 5.41) is 15.9. The Balaban J connectivity index is 2.30. The summed E-state index contributed by atoms with van der Waals surface area (Å²) in [4.78, 5) is 16.1. The van der Waals surface area contributed by atoms with Crippen molar-refractivity contribution in [3.8, 4) is 5.75 Å². The third-order valence-electron chi connectivity index (χ3n) is 2.86. The molecule has 0 radical (unpaired) electrons. The number of hydrogen-bond donors (Lipinski definition) is 2. The van der Waals surface area contributed by atoms with Gasteiger partial charge in [0, 0.05) is 12.7 Å². The Hall–Kier alpha value is -2.03. The summed E-state index contributed by atoms with van der Waals surface area (Å²) in [6, 6.07) is 2.80. The summed E-state index contributed by atoms with van der Waals surface area (Å²) in [6.45, 7) is 4.23. The first-order chi connectivity index (χ1) is 10.8. The van der Waals surface area contributed by atoms with Gasteiger partial charge in [-0.05, 0) is 34.0 Å². The summed E-state index contributed by atoms with van der Waals surface area (Å²) in [6.07, 6.45) is -1.67. The number of alkyl halides is 2. The number of nitrogens with zero attached hydrogens (tertiary/aromatic N) is 3. The maximum absolute atomic E-state index is 13.1. The number of halogens is 3. The van der Waals surface area contributed by atoms with Crippen molar-refractivity contribution in [1.82, 2.24) is 14.8 Å². The number of hydrogen-bond acceptors (Lipinski definition) is 4. The van der Waals surface area contributed by atoms with Gasteiger partial charge in [0.15, 0.2) is 17.3 Å². The van der Waals surface area contributed by atoms with E-state index in [1.54, 1.807) is 0 Å². The lowest BCUT2D eigenvalue weighted by molar-refractivity contribution is 0.100. The molecule has 0 aliphatic carbocycles. The topological polar surface area (TPSA) is 80.0 Å². The lowest BCUT2D eigenvalue weighted by atomic mass is 10.2. The van der Waals surface area contributed by atoms with Gasteiger partial charge >= 0.3 is 0 Å². The maximum atomic E-state index is 13.1. The molecule has 0 spiro atoms. The molecule has 0 saturated carbocycles. The molecule has 0 saturated heterocycles. The zero-order valence-corrected chi connectivity index (χ0v) is 14.0. The molecule has 0 fully saturated rings. The van der Waals surface area contributed by atoms with Crippen LogP contribution < -0.4 is 5.32 Å². The van der Waals surface area contributed by atoms with Gasteiger partial charge in [0.2, 0.25) is 0 Å². The van der Waals surface area contributed by atoms with Gasteiger partial charge in [-0.25, -0.2) is 13.8 Å². The SMILES string of the molecule is CC(C)Cn1cc(C(F)F)c(C(=O)Nc2nc(Br)ccc2O)n1. The first-order valence-corrected chi connectivity index (χ1v) is 7.59. The highest BCUT2D eigenvalue weighted by Crippen LogP contribution is 2.26. The molecule has 0 unspecified atom stereocenters. The van der Waals surface area contributed by atoms with E-state index in [9.17, 15) is 18.7 Å². The van der Waals surface area contributed by atoms with Gasteiger partial charge in [0.1, 0.15) is 4.60 Å². The summed E-state index contributed by atoms with van der Waals surface area (Å²) in [5.74, 6) is -1.08. The zero-order chi connectivity index (χ0) is 17.1. The van der Waals surface area contributed by atoms with Crippen LogP contribution in [0.2, 0.25) is 0 Å². The summed E-state index contributed by atoms with van der Waals surface area (Å²) >= 11 is 3.10. The van der Waals surface area contributed by atoms with E-state index in [4.69, 9.17) is 0 Å². The number of aromatic hydroxyl groups is 1. The molecule has 9 heteroatoms. The molecule has 1 amide bonds. The fourth-order valence-corrected chi connectivity index (χ4v) is 2.24. The second-order valence-electron chi connectivity index (χ2n) is 5.31. The van der Waals surface area contributed by atoms with E-state index in [2.05, 4.69) is 31.3 Å². The normalized spacial score (nSPS) is 11.3. The highest BCUT2D eigenvalue weighted by molar-refractivity contribution is 9.10. The largest absolute Gasteiger partial charge is 0.504 e. The van der Waals surface area contributed by atoms with Gasteiger partial charge < -0.3 is 10.4 Å². The molecule has 2 N–H and O–H groups in total. The number of amides is 1. The smallest absolute Gasteiger partial charge is 0.277 e. The molecule has 0 bridgehead atoms. The van der Waals surface area contributed by atoms with Crippen molar-refractivity contribution in [2.75, 3.05) is 5.32 Å². The van der Waals surface area contributed by atoms with Gasteiger partial charge in [0.25, 0.3) is 12.3 Å². The van der Waals surface area contributed by atoms with Crippen molar-refractivity contribution >= 4 is 27.7 Å². The van der Waals surface area contributed by atoms with Crippen LogP contribution in [-0.2, 0) is 6.54 Å². The fourth-order valence-electron chi connectivity index (χ4n) is 1.93. The molecule has 6 nitrogen and oxygen atoms in total.